The van der Waals surface area contributed by atoms with Gasteiger partial charge in [-0.1, -0.05) is 6.07 Å². The van der Waals surface area contributed by atoms with E-state index in [0.29, 0.717) is 12.5 Å². The molecule has 1 heterocycles. The topological polar surface area (TPSA) is 38.5 Å². The molecule has 4 heteroatoms. The van der Waals surface area contributed by atoms with Crippen LogP contribution < -0.4 is 5.73 Å². The standard InChI is InChI=1S/C16H25FN2O/c1-12-3-4-14(17)9-15(12)16(10-18)19-7-5-13(6-8-19)11-20-2/h3-4,9,13,16H,5-8,10-11,18H2,1-2H3. The molecule has 0 aromatic heterocycles. The summed E-state index contributed by atoms with van der Waals surface area (Å²) in [4.78, 5) is 2.38. The fourth-order valence-electron chi connectivity index (χ4n) is 3.11. The number of aryl methyl sites for hydroxylation is 1. The van der Waals surface area contributed by atoms with Gasteiger partial charge in [-0.05, 0) is 62.0 Å². The molecule has 2 N–H and O–H groups in total. The van der Waals surface area contributed by atoms with Crippen molar-refractivity contribution in [3.8, 4) is 0 Å². The molecule has 0 spiro atoms. The SMILES string of the molecule is COCC1CCN(C(CN)c2cc(F)ccc2C)CC1. The molecule has 20 heavy (non-hydrogen) atoms. The maximum atomic E-state index is 13.5. The highest BCUT2D eigenvalue weighted by Gasteiger charge is 2.26. The molecule has 1 fully saturated rings. The van der Waals surface area contributed by atoms with E-state index in [0.717, 1.165) is 43.7 Å². The Bertz CT molecular complexity index is 430. The molecule has 0 aliphatic carbocycles. The summed E-state index contributed by atoms with van der Waals surface area (Å²) in [5, 5.41) is 0. The zero-order chi connectivity index (χ0) is 14.5. The number of halogens is 1. The summed E-state index contributed by atoms with van der Waals surface area (Å²) in [5.74, 6) is 0.460. The highest BCUT2D eigenvalue weighted by molar-refractivity contribution is 5.30. The quantitative estimate of drug-likeness (QED) is 0.900. The maximum absolute atomic E-state index is 13.5. The first kappa shape index (κ1) is 15.4. The van der Waals surface area contributed by atoms with E-state index in [1.807, 2.05) is 13.0 Å². The van der Waals surface area contributed by atoms with E-state index in [4.69, 9.17) is 10.5 Å². The molecule has 0 saturated carbocycles. The molecular formula is C16H25FN2O. The van der Waals surface area contributed by atoms with E-state index in [9.17, 15) is 4.39 Å². The van der Waals surface area contributed by atoms with Crippen LogP contribution in [0.25, 0.3) is 0 Å². The number of hydrogen-bond donors (Lipinski definition) is 1. The Morgan fingerprint density at radius 3 is 2.70 bits per heavy atom. The van der Waals surface area contributed by atoms with Gasteiger partial charge in [-0.2, -0.15) is 0 Å². The lowest BCUT2D eigenvalue weighted by atomic mass is 9.93. The monoisotopic (exact) mass is 280 g/mol. The molecule has 1 aliphatic heterocycles. The van der Waals surface area contributed by atoms with Gasteiger partial charge in [0.05, 0.1) is 0 Å². The minimum absolute atomic E-state index is 0.120. The van der Waals surface area contributed by atoms with Crippen LogP contribution in [0.15, 0.2) is 18.2 Å². The highest BCUT2D eigenvalue weighted by Crippen LogP contribution is 2.28. The third-order valence-corrected chi connectivity index (χ3v) is 4.32. The normalized spacial score (nSPS) is 19.2. The van der Waals surface area contributed by atoms with Crippen molar-refractivity contribution in [3.63, 3.8) is 0 Å². The van der Waals surface area contributed by atoms with Crippen LogP contribution in [0.5, 0.6) is 0 Å². The molecule has 0 radical (unpaired) electrons. The minimum Gasteiger partial charge on any atom is -0.384 e. The van der Waals surface area contributed by atoms with Crippen LogP contribution in [0, 0.1) is 18.7 Å². The largest absolute Gasteiger partial charge is 0.384 e. The van der Waals surface area contributed by atoms with Crippen molar-refractivity contribution in [1.29, 1.82) is 0 Å². The fraction of sp³-hybridized carbons (Fsp3) is 0.625. The molecule has 0 amide bonds. The lowest BCUT2D eigenvalue weighted by Gasteiger charge is -2.37. The first-order valence-corrected chi connectivity index (χ1v) is 7.34. The molecule has 1 saturated heterocycles. The number of methoxy groups -OCH3 is 1. The molecule has 1 aromatic carbocycles. The van der Waals surface area contributed by atoms with E-state index in [1.165, 1.54) is 6.07 Å². The summed E-state index contributed by atoms with van der Waals surface area (Å²) in [6.07, 6.45) is 2.25. The van der Waals surface area contributed by atoms with Crippen molar-refractivity contribution in [1.82, 2.24) is 4.90 Å². The van der Waals surface area contributed by atoms with Crippen LogP contribution in [-0.2, 0) is 4.74 Å². The average Bonchev–Trinajstić information content (AvgIpc) is 2.45. The number of likely N-dealkylation sites (tertiary alicyclic amines) is 1. The summed E-state index contributed by atoms with van der Waals surface area (Å²) in [5.41, 5.74) is 8.10. The van der Waals surface area contributed by atoms with E-state index >= 15 is 0 Å². The molecule has 1 atom stereocenters. The number of nitrogens with zero attached hydrogens (tertiary/aromatic N) is 1. The number of benzene rings is 1. The van der Waals surface area contributed by atoms with Gasteiger partial charge >= 0.3 is 0 Å². The van der Waals surface area contributed by atoms with Crippen LogP contribution in [0.4, 0.5) is 4.39 Å². The third kappa shape index (κ3) is 3.57. The molecule has 2 rings (SSSR count). The Morgan fingerprint density at radius 1 is 1.40 bits per heavy atom. The summed E-state index contributed by atoms with van der Waals surface area (Å²) in [7, 11) is 1.76. The van der Waals surface area contributed by atoms with Gasteiger partial charge < -0.3 is 10.5 Å². The van der Waals surface area contributed by atoms with Gasteiger partial charge in [-0.3, -0.25) is 4.90 Å². The lowest BCUT2D eigenvalue weighted by molar-refractivity contribution is 0.0808. The zero-order valence-corrected chi connectivity index (χ0v) is 12.4. The van der Waals surface area contributed by atoms with E-state index in [2.05, 4.69) is 4.90 Å². The second-order valence-corrected chi connectivity index (χ2v) is 5.69. The van der Waals surface area contributed by atoms with Gasteiger partial charge in [0.15, 0.2) is 0 Å². The molecule has 1 aromatic rings. The summed E-state index contributed by atoms with van der Waals surface area (Å²) in [6, 6.07) is 5.10. The zero-order valence-electron chi connectivity index (χ0n) is 12.4. The fourth-order valence-corrected chi connectivity index (χ4v) is 3.11. The van der Waals surface area contributed by atoms with Gasteiger partial charge in [0.2, 0.25) is 0 Å². The Morgan fingerprint density at radius 2 is 2.10 bits per heavy atom. The van der Waals surface area contributed by atoms with Gasteiger partial charge in [-0.15, -0.1) is 0 Å². The Balaban J connectivity index is 2.07. The smallest absolute Gasteiger partial charge is 0.123 e. The van der Waals surface area contributed by atoms with E-state index in [-0.39, 0.29) is 11.9 Å². The Kier molecular flexibility index (Phi) is 5.52. The van der Waals surface area contributed by atoms with Crippen molar-refractivity contribution in [2.45, 2.75) is 25.8 Å². The molecule has 1 aliphatic rings. The van der Waals surface area contributed by atoms with Crippen molar-refractivity contribution in [2.75, 3.05) is 33.4 Å². The van der Waals surface area contributed by atoms with Gasteiger partial charge in [0.1, 0.15) is 5.82 Å². The summed E-state index contributed by atoms with van der Waals surface area (Å²) >= 11 is 0. The van der Waals surface area contributed by atoms with Crippen molar-refractivity contribution in [2.24, 2.45) is 11.7 Å². The third-order valence-electron chi connectivity index (χ3n) is 4.32. The number of piperidine rings is 1. The number of ether oxygens (including phenoxy) is 1. The molecule has 1 unspecified atom stereocenters. The van der Waals surface area contributed by atoms with Gasteiger partial charge in [-0.25, -0.2) is 4.39 Å². The van der Waals surface area contributed by atoms with Gasteiger partial charge in [0, 0.05) is 26.3 Å². The number of hydrogen-bond acceptors (Lipinski definition) is 3. The van der Waals surface area contributed by atoms with Crippen LogP contribution in [-0.4, -0.2) is 38.3 Å². The first-order chi connectivity index (χ1) is 9.65. The molecular weight excluding hydrogens is 255 g/mol. The predicted molar refractivity (Wildman–Crippen MR) is 79.1 cm³/mol. The summed E-state index contributed by atoms with van der Waals surface area (Å²) < 4.78 is 18.7. The number of nitrogens with two attached hydrogens (primary N) is 1. The van der Waals surface area contributed by atoms with Crippen molar-refractivity contribution < 1.29 is 9.13 Å². The van der Waals surface area contributed by atoms with Crippen LogP contribution in [0.2, 0.25) is 0 Å². The minimum atomic E-state index is -0.182. The van der Waals surface area contributed by atoms with Crippen molar-refractivity contribution in [3.05, 3.63) is 35.1 Å². The van der Waals surface area contributed by atoms with E-state index < -0.39 is 0 Å². The van der Waals surface area contributed by atoms with Crippen molar-refractivity contribution >= 4 is 0 Å². The predicted octanol–water partition coefficient (Wildman–Crippen LogP) is 2.49. The Hall–Kier alpha value is -0.970. The number of rotatable bonds is 5. The summed E-state index contributed by atoms with van der Waals surface area (Å²) in [6.45, 7) is 5.40. The van der Waals surface area contributed by atoms with E-state index in [1.54, 1.807) is 13.2 Å². The first-order valence-electron chi connectivity index (χ1n) is 7.34. The Labute approximate surface area is 120 Å². The average molecular weight is 280 g/mol. The maximum Gasteiger partial charge on any atom is 0.123 e. The van der Waals surface area contributed by atoms with Crippen LogP contribution in [0.1, 0.15) is 30.0 Å². The highest BCUT2D eigenvalue weighted by atomic mass is 19.1. The second kappa shape index (κ2) is 7.16. The molecule has 0 bridgehead atoms. The van der Waals surface area contributed by atoms with Crippen LogP contribution in [0.3, 0.4) is 0 Å². The van der Waals surface area contributed by atoms with Crippen LogP contribution >= 0.6 is 0 Å². The van der Waals surface area contributed by atoms with Gasteiger partial charge in [0.25, 0.3) is 0 Å². The lowest BCUT2D eigenvalue weighted by Crippen LogP contribution is -2.40. The molecule has 3 nitrogen and oxygen atoms in total. The molecule has 112 valence electrons. The second-order valence-electron chi connectivity index (χ2n) is 5.69.